The molecule has 6 nitrogen and oxygen atoms in total. The van der Waals surface area contributed by atoms with Crippen LogP contribution in [-0.2, 0) is 4.79 Å². The maximum atomic E-state index is 14.0. The van der Waals surface area contributed by atoms with Crippen LogP contribution >= 0.6 is 0 Å². The summed E-state index contributed by atoms with van der Waals surface area (Å²) in [4.78, 5) is 40.5. The highest BCUT2D eigenvalue weighted by Gasteiger charge is 2.25. The van der Waals surface area contributed by atoms with Crippen molar-refractivity contribution in [3.63, 3.8) is 0 Å². The van der Waals surface area contributed by atoms with Crippen molar-refractivity contribution in [1.82, 2.24) is 14.9 Å². The third-order valence-corrected chi connectivity index (χ3v) is 4.63. The quantitative estimate of drug-likeness (QED) is 0.706. The lowest BCUT2D eigenvalue weighted by atomic mass is 10.1. The Labute approximate surface area is 158 Å². The summed E-state index contributed by atoms with van der Waals surface area (Å²) >= 11 is 0. The fourth-order valence-corrected chi connectivity index (χ4v) is 3.18. The van der Waals surface area contributed by atoms with Gasteiger partial charge in [0.05, 0.1) is 16.9 Å². The van der Waals surface area contributed by atoms with Gasteiger partial charge < -0.3 is 10.3 Å². The van der Waals surface area contributed by atoms with E-state index >= 15 is 0 Å². The molecule has 1 aromatic heterocycles. The lowest BCUT2D eigenvalue weighted by Crippen LogP contribution is -2.44. The number of nitrogens with zero attached hydrogens (tertiary/aromatic N) is 1. The number of hydrogen-bond acceptors (Lipinski definition) is 3. The van der Waals surface area contributed by atoms with Gasteiger partial charge in [-0.3, -0.25) is 9.59 Å². The third-order valence-electron chi connectivity index (χ3n) is 4.63. The standard InChI is InChI=1S/C20H19F2N3O3/c1-3-17(18(26)23-11(2)13-9-8-12(21)10-15(13)22)25-19(27)14-6-4-5-7-16(14)24-20(25)28/h4-11,17H,3H2,1-2H3,(H,23,26)(H,24,28)/t11-,17?/m0/s1. The van der Waals surface area contributed by atoms with E-state index in [1.807, 2.05) is 0 Å². The first-order chi connectivity index (χ1) is 13.3. The van der Waals surface area contributed by atoms with Gasteiger partial charge in [0.2, 0.25) is 5.91 Å². The topological polar surface area (TPSA) is 84.0 Å². The average molecular weight is 387 g/mol. The molecule has 0 saturated heterocycles. The van der Waals surface area contributed by atoms with Gasteiger partial charge in [-0.15, -0.1) is 0 Å². The monoisotopic (exact) mass is 387 g/mol. The Morgan fingerprint density at radius 2 is 1.89 bits per heavy atom. The molecule has 2 atom stereocenters. The molecule has 0 bridgehead atoms. The van der Waals surface area contributed by atoms with Crippen LogP contribution in [0.1, 0.15) is 37.9 Å². The van der Waals surface area contributed by atoms with E-state index in [0.29, 0.717) is 5.52 Å². The summed E-state index contributed by atoms with van der Waals surface area (Å²) in [5.41, 5.74) is -0.802. The van der Waals surface area contributed by atoms with Crippen molar-refractivity contribution >= 4 is 16.8 Å². The number of amides is 1. The van der Waals surface area contributed by atoms with E-state index in [1.165, 1.54) is 13.0 Å². The van der Waals surface area contributed by atoms with Crippen LogP contribution < -0.4 is 16.6 Å². The van der Waals surface area contributed by atoms with Crippen LogP contribution in [0.2, 0.25) is 0 Å². The minimum Gasteiger partial charge on any atom is -0.348 e. The van der Waals surface area contributed by atoms with Crippen molar-refractivity contribution in [2.75, 3.05) is 0 Å². The number of hydrogen-bond donors (Lipinski definition) is 2. The fraction of sp³-hybridized carbons (Fsp3) is 0.250. The molecule has 2 aromatic carbocycles. The molecular weight excluding hydrogens is 368 g/mol. The minimum atomic E-state index is -1.08. The summed E-state index contributed by atoms with van der Waals surface area (Å²) < 4.78 is 27.9. The number of aromatic nitrogens is 2. The summed E-state index contributed by atoms with van der Waals surface area (Å²) in [6.45, 7) is 3.20. The number of fused-ring (bicyclic) bond motifs is 1. The lowest BCUT2D eigenvalue weighted by Gasteiger charge is -2.21. The van der Waals surface area contributed by atoms with Gasteiger partial charge in [-0.2, -0.15) is 0 Å². The number of carbonyl (C=O) groups excluding carboxylic acids is 1. The van der Waals surface area contributed by atoms with Crippen molar-refractivity contribution in [2.45, 2.75) is 32.4 Å². The Hall–Kier alpha value is -3.29. The maximum absolute atomic E-state index is 14.0. The molecule has 1 heterocycles. The number of rotatable bonds is 5. The van der Waals surface area contributed by atoms with E-state index in [2.05, 4.69) is 10.3 Å². The van der Waals surface area contributed by atoms with Crippen LogP contribution in [-0.4, -0.2) is 15.5 Å². The van der Waals surface area contributed by atoms with Crippen LogP contribution in [0.5, 0.6) is 0 Å². The number of aromatic amines is 1. The van der Waals surface area contributed by atoms with Crippen LogP contribution in [0.3, 0.4) is 0 Å². The summed E-state index contributed by atoms with van der Waals surface area (Å²) in [6.07, 6.45) is 0.172. The first-order valence-corrected chi connectivity index (χ1v) is 8.82. The second-order valence-corrected chi connectivity index (χ2v) is 6.47. The molecule has 0 fully saturated rings. The molecule has 0 aliphatic rings. The van der Waals surface area contributed by atoms with Gasteiger partial charge in [0.25, 0.3) is 5.56 Å². The molecule has 0 aliphatic heterocycles. The Morgan fingerprint density at radius 1 is 1.18 bits per heavy atom. The zero-order chi connectivity index (χ0) is 20.4. The fourth-order valence-electron chi connectivity index (χ4n) is 3.18. The molecule has 1 amide bonds. The van der Waals surface area contributed by atoms with Crippen molar-refractivity contribution in [3.8, 4) is 0 Å². The van der Waals surface area contributed by atoms with Crippen LogP contribution in [0.4, 0.5) is 8.78 Å². The molecule has 0 aliphatic carbocycles. The van der Waals surface area contributed by atoms with Crippen molar-refractivity contribution in [1.29, 1.82) is 0 Å². The molecule has 0 radical (unpaired) electrons. The highest BCUT2D eigenvalue weighted by molar-refractivity contribution is 5.82. The van der Waals surface area contributed by atoms with Crippen LogP contribution in [0.25, 0.3) is 10.9 Å². The summed E-state index contributed by atoms with van der Waals surface area (Å²) in [5, 5.41) is 2.88. The first kappa shape index (κ1) is 19.5. The highest BCUT2D eigenvalue weighted by atomic mass is 19.1. The highest BCUT2D eigenvalue weighted by Crippen LogP contribution is 2.19. The first-order valence-electron chi connectivity index (χ1n) is 8.82. The molecule has 1 unspecified atom stereocenters. The third kappa shape index (κ3) is 3.58. The summed E-state index contributed by atoms with van der Waals surface area (Å²) in [5.74, 6) is -2.12. The molecule has 2 N–H and O–H groups in total. The second-order valence-electron chi connectivity index (χ2n) is 6.47. The number of H-pyrrole nitrogens is 1. The van der Waals surface area contributed by atoms with Crippen molar-refractivity contribution < 1.29 is 13.6 Å². The smallest absolute Gasteiger partial charge is 0.329 e. The molecule has 3 rings (SSSR count). The van der Waals surface area contributed by atoms with Crippen LogP contribution in [0.15, 0.2) is 52.1 Å². The average Bonchev–Trinajstić information content (AvgIpc) is 2.64. The predicted molar refractivity (Wildman–Crippen MR) is 101 cm³/mol. The van der Waals surface area contributed by atoms with E-state index in [1.54, 1.807) is 31.2 Å². The van der Waals surface area contributed by atoms with E-state index < -0.39 is 40.9 Å². The maximum Gasteiger partial charge on any atom is 0.329 e. The van der Waals surface area contributed by atoms with Gasteiger partial charge >= 0.3 is 5.69 Å². The van der Waals surface area contributed by atoms with Gasteiger partial charge in [-0.05, 0) is 31.5 Å². The molecule has 146 valence electrons. The molecular formula is C20H19F2N3O3. The van der Waals surface area contributed by atoms with E-state index in [0.717, 1.165) is 16.7 Å². The van der Waals surface area contributed by atoms with Crippen LogP contribution in [0, 0.1) is 11.6 Å². The molecule has 8 heteroatoms. The zero-order valence-corrected chi connectivity index (χ0v) is 15.3. The zero-order valence-electron chi connectivity index (χ0n) is 15.3. The van der Waals surface area contributed by atoms with Gasteiger partial charge in [0, 0.05) is 11.6 Å². The number of para-hydroxylation sites is 1. The number of halogens is 2. The van der Waals surface area contributed by atoms with Gasteiger partial charge in [0.15, 0.2) is 0 Å². The number of benzene rings is 2. The second kappa shape index (κ2) is 7.75. The van der Waals surface area contributed by atoms with Gasteiger partial charge in [-0.25, -0.2) is 18.1 Å². The normalized spacial score (nSPS) is 13.3. The molecule has 0 spiro atoms. The summed E-state index contributed by atoms with van der Waals surface area (Å²) in [7, 11) is 0. The Kier molecular flexibility index (Phi) is 5.39. The largest absolute Gasteiger partial charge is 0.348 e. The molecule has 3 aromatic rings. The van der Waals surface area contributed by atoms with E-state index in [4.69, 9.17) is 0 Å². The Morgan fingerprint density at radius 3 is 2.57 bits per heavy atom. The molecule has 0 saturated carbocycles. The summed E-state index contributed by atoms with van der Waals surface area (Å²) in [6, 6.07) is 7.71. The number of nitrogens with one attached hydrogen (secondary N) is 2. The number of carbonyl (C=O) groups is 1. The SMILES string of the molecule is CCC(C(=O)N[C@@H](C)c1ccc(F)cc1F)n1c(=O)[nH]c2ccccc2c1=O. The van der Waals surface area contributed by atoms with Crippen molar-refractivity contribution in [2.24, 2.45) is 0 Å². The van der Waals surface area contributed by atoms with E-state index in [-0.39, 0.29) is 17.4 Å². The van der Waals surface area contributed by atoms with Gasteiger partial charge in [-0.1, -0.05) is 25.1 Å². The Balaban J connectivity index is 1.95. The van der Waals surface area contributed by atoms with Crippen molar-refractivity contribution in [3.05, 3.63) is 80.5 Å². The predicted octanol–water partition coefficient (Wildman–Crippen LogP) is 2.80. The van der Waals surface area contributed by atoms with Gasteiger partial charge in [0.1, 0.15) is 17.7 Å². The minimum absolute atomic E-state index is 0.101. The lowest BCUT2D eigenvalue weighted by molar-refractivity contribution is -0.125. The Bertz CT molecular complexity index is 1150. The molecule has 28 heavy (non-hydrogen) atoms. The van der Waals surface area contributed by atoms with E-state index in [9.17, 15) is 23.2 Å².